The molecule has 0 amide bonds. The van der Waals surface area contributed by atoms with Gasteiger partial charge in [-0.1, -0.05) is 11.6 Å². The topological polar surface area (TPSA) is 69.6 Å². The molecule has 0 aliphatic carbocycles. The third kappa shape index (κ3) is 5.03. The van der Waals surface area contributed by atoms with E-state index in [0.717, 1.165) is 16.4 Å². The molecule has 0 bridgehead atoms. The molecule has 10 heteroatoms. The molecular formula is C11H14ClF3N2O3S. The van der Waals surface area contributed by atoms with Crippen molar-refractivity contribution in [2.24, 2.45) is 0 Å². The van der Waals surface area contributed by atoms with Crippen LogP contribution < -0.4 is 4.72 Å². The molecule has 0 aliphatic heterocycles. The van der Waals surface area contributed by atoms with Crippen LogP contribution in [0.1, 0.15) is 12.0 Å². The van der Waals surface area contributed by atoms with Crippen LogP contribution in [0.25, 0.3) is 0 Å². The molecule has 0 aromatic heterocycles. The molecule has 0 aliphatic rings. The lowest BCUT2D eigenvalue weighted by Gasteiger charge is -2.18. The molecule has 0 spiro atoms. The van der Waals surface area contributed by atoms with Gasteiger partial charge in [0.1, 0.15) is 0 Å². The summed E-state index contributed by atoms with van der Waals surface area (Å²) < 4.78 is 64.2. The van der Waals surface area contributed by atoms with E-state index in [2.05, 4.69) is 4.72 Å². The Bertz CT molecular complexity index is 593. The van der Waals surface area contributed by atoms with Crippen LogP contribution in [0.5, 0.6) is 0 Å². The Labute approximate surface area is 125 Å². The number of rotatable bonds is 6. The quantitative estimate of drug-likeness (QED) is 0.830. The lowest BCUT2D eigenvalue weighted by molar-refractivity contribution is -0.137. The number of anilines is 1. The third-order valence-electron chi connectivity index (χ3n) is 2.58. The van der Waals surface area contributed by atoms with Crippen LogP contribution in [0.3, 0.4) is 0 Å². The van der Waals surface area contributed by atoms with Crippen LogP contribution in [0, 0.1) is 0 Å². The van der Waals surface area contributed by atoms with Crippen LogP contribution in [0.4, 0.5) is 18.9 Å². The lowest BCUT2D eigenvalue weighted by atomic mass is 10.2. The van der Waals surface area contributed by atoms with Gasteiger partial charge >= 0.3 is 16.4 Å². The highest BCUT2D eigenvalue weighted by Gasteiger charge is 2.31. The first kappa shape index (κ1) is 18.0. The van der Waals surface area contributed by atoms with E-state index in [9.17, 15) is 21.6 Å². The Morgan fingerprint density at radius 1 is 1.38 bits per heavy atom. The lowest BCUT2D eigenvalue weighted by Crippen LogP contribution is -2.33. The number of hydrogen-bond donors (Lipinski definition) is 2. The predicted octanol–water partition coefficient (Wildman–Crippen LogP) is 2.33. The van der Waals surface area contributed by atoms with Crippen molar-refractivity contribution < 1.29 is 26.7 Å². The van der Waals surface area contributed by atoms with Gasteiger partial charge in [-0.3, -0.25) is 4.72 Å². The first-order valence-corrected chi connectivity index (χ1v) is 7.61. The van der Waals surface area contributed by atoms with Gasteiger partial charge in [-0.2, -0.15) is 25.9 Å². The van der Waals surface area contributed by atoms with E-state index in [1.807, 2.05) is 0 Å². The number of halogens is 4. The number of aliphatic hydroxyl groups is 1. The zero-order valence-corrected chi connectivity index (χ0v) is 12.6. The van der Waals surface area contributed by atoms with E-state index < -0.39 is 21.9 Å². The fourth-order valence-corrected chi connectivity index (χ4v) is 2.67. The van der Waals surface area contributed by atoms with Gasteiger partial charge in [0.05, 0.1) is 16.3 Å². The largest absolute Gasteiger partial charge is 0.416 e. The summed E-state index contributed by atoms with van der Waals surface area (Å²) in [7, 11) is -2.68. The minimum absolute atomic E-state index is 0.0596. The Morgan fingerprint density at radius 2 is 2.00 bits per heavy atom. The molecular weight excluding hydrogens is 333 g/mol. The number of alkyl halides is 3. The molecule has 0 saturated carbocycles. The minimum Gasteiger partial charge on any atom is -0.396 e. The van der Waals surface area contributed by atoms with Crippen molar-refractivity contribution in [3.63, 3.8) is 0 Å². The Hall–Kier alpha value is -1.03. The highest BCUT2D eigenvalue weighted by molar-refractivity contribution is 7.90. The molecule has 0 radical (unpaired) electrons. The number of benzene rings is 1. The van der Waals surface area contributed by atoms with Crippen molar-refractivity contribution >= 4 is 27.5 Å². The number of aliphatic hydroxyl groups excluding tert-OH is 1. The Kier molecular flexibility index (Phi) is 5.85. The van der Waals surface area contributed by atoms with Crippen LogP contribution in [0.15, 0.2) is 18.2 Å². The standard InChI is InChI=1S/C11H14ClF3N2O3S/c1-17(5-2-6-18)21(19,20)16-10-4-3-8(7-9(10)12)11(13,14)15/h3-4,7,16,18H,2,5-6H2,1H3. The second-order valence-corrected chi connectivity index (χ2v) is 6.38. The number of nitrogens with one attached hydrogen (secondary N) is 1. The minimum atomic E-state index is -4.56. The molecule has 0 atom stereocenters. The maximum absolute atomic E-state index is 12.5. The van der Waals surface area contributed by atoms with Gasteiger partial charge in [0.2, 0.25) is 0 Å². The monoisotopic (exact) mass is 346 g/mol. The fraction of sp³-hybridized carbons (Fsp3) is 0.455. The van der Waals surface area contributed by atoms with Crippen molar-refractivity contribution in [1.29, 1.82) is 0 Å². The zero-order valence-electron chi connectivity index (χ0n) is 11.0. The SMILES string of the molecule is CN(CCCO)S(=O)(=O)Nc1ccc(C(F)(F)F)cc1Cl. The Morgan fingerprint density at radius 3 is 2.48 bits per heavy atom. The van der Waals surface area contributed by atoms with Crippen molar-refractivity contribution in [2.45, 2.75) is 12.6 Å². The maximum atomic E-state index is 12.5. The molecule has 21 heavy (non-hydrogen) atoms. The average molecular weight is 347 g/mol. The van der Waals surface area contributed by atoms with E-state index in [1.54, 1.807) is 0 Å². The number of nitrogens with zero attached hydrogens (tertiary/aromatic N) is 1. The van der Waals surface area contributed by atoms with Gasteiger partial charge in [-0.25, -0.2) is 0 Å². The van der Waals surface area contributed by atoms with Crippen LogP contribution in [0.2, 0.25) is 5.02 Å². The highest BCUT2D eigenvalue weighted by Crippen LogP contribution is 2.34. The van der Waals surface area contributed by atoms with E-state index in [4.69, 9.17) is 16.7 Å². The molecule has 5 nitrogen and oxygen atoms in total. The van der Waals surface area contributed by atoms with Gasteiger partial charge in [0.25, 0.3) is 0 Å². The highest BCUT2D eigenvalue weighted by atomic mass is 35.5. The summed E-state index contributed by atoms with van der Waals surface area (Å²) >= 11 is 5.67. The van der Waals surface area contributed by atoms with Crippen molar-refractivity contribution in [1.82, 2.24) is 4.31 Å². The molecule has 120 valence electrons. The van der Waals surface area contributed by atoms with Gasteiger partial charge in [0, 0.05) is 20.2 Å². The summed E-state index contributed by atoms with van der Waals surface area (Å²) in [5.74, 6) is 0. The van der Waals surface area contributed by atoms with Crippen molar-refractivity contribution in [2.75, 3.05) is 24.9 Å². The zero-order chi connectivity index (χ0) is 16.3. The normalized spacial score (nSPS) is 12.7. The van der Waals surface area contributed by atoms with Gasteiger partial charge in [-0.05, 0) is 24.6 Å². The maximum Gasteiger partial charge on any atom is 0.416 e. The second kappa shape index (κ2) is 6.82. The summed E-state index contributed by atoms with van der Waals surface area (Å²) in [5.41, 5.74) is -1.12. The predicted molar refractivity (Wildman–Crippen MR) is 73.3 cm³/mol. The molecule has 1 aromatic carbocycles. The van der Waals surface area contributed by atoms with E-state index in [-0.39, 0.29) is 30.3 Å². The average Bonchev–Trinajstić information content (AvgIpc) is 2.36. The van der Waals surface area contributed by atoms with Crippen LogP contribution in [-0.4, -0.2) is 38.0 Å². The molecule has 1 rings (SSSR count). The van der Waals surface area contributed by atoms with Gasteiger partial charge in [-0.15, -0.1) is 0 Å². The van der Waals surface area contributed by atoms with Crippen molar-refractivity contribution in [3.05, 3.63) is 28.8 Å². The summed E-state index contributed by atoms with van der Waals surface area (Å²) in [5, 5.41) is 8.29. The van der Waals surface area contributed by atoms with Crippen molar-refractivity contribution in [3.8, 4) is 0 Å². The van der Waals surface area contributed by atoms with E-state index in [1.165, 1.54) is 7.05 Å². The first-order valence-electron chi connectivity index (χ1n) is 5.79. The molecule has 0 unspecified atom stereocenters. The van der Waals surface area contributed by atoms with Gasteiger partial charge < -0.3 is 5.11 Å². The molecule has 0 fully saturated rings. The summed E-state index contributed by atoms with van der Waals surface area (Å²) in [4.78, 5) is 0. The summed E-state index contributed by atoms with van der Waals surface area (Å²) in [6, 6.07) is 2.33. The smallest absolute Gasteiger partial charge is 0.396 e. The van der Waals surface area contributed by atoms with Gasteiger partial charge in [0.15, 0.2) is 0 Å². The number of hydrogen-bond acceptors (Lipinski definition) is 3. The summed E-state index contributed by atoms with van der Waals surface area (Å²) in [6.07, 6.45) is -4.32. The molecule has 0 saturated heterocycles. The molecule has 1 aromatic rings. The fourth-order valence-electron chi connectivity index (χ4n) is 1.40. The van der Waals surface area contributed by atoms with Crippen LogP contribution >= 0.6 is 11.6 Å². The Balaban J connectivity index is 2.93. The molecule has 0 heterocycles. The third-order valence-corrected chi connectivity index (χ3v) is 4.37. The van der Waals surface area contributed by atoms with E-state index in [0.29, 0.717) is 6.07 Å². The second-order valence-electron chi connectivity index (χ2n) is 4.20. The van der Waals surface area contributed by atoms with E-state index >= 15 is 0 Å². The summed E-state index contributed by atoms with van der Waals surface area (Å²) in [6.45, 7) is -0.120. The molecule has 2 N–H and O–H groups in total. The first-order chi connectivity index (χ1) is 9.58. The van der Waals surface area contributed by atoms with Crippen LogP contribution in [-0.2, 0) is 16.4 Å².